The molecule has 0 saturated carbocycles. The lowest BCUT2D eigenvalue weighted by atomic mass is 10.2. The molecule has 0 bridgehead atoms. The minimum absolute atomic E-state index is 0.0179. The number of hydrogen-bond donors (Lipinski definition) is 1. The highest BCUT2D eigenvalue weighted by Gasteiger charge is 2.20. The third kappa shape index (κ3) is 5.00. The van der Waals surface area contributed by atoms with Crippen molar-refractivity contribution >= 4 is 52.5 Å². The summed E-state index contributed by atoms with van der Waals surface area (Å²) < 4.78 is 15.5. The molecule has 0 saturated heterocycles. The van der Waals surface area contributed by atoms with Crippen LogP contribution in [0.25, 0.3) is 6.08 Å². The Hall–Kier alpha value is -3.30. The molecular weight excluding hydrogens is 439 g/mol. The van der Waals surface area contributed by atoms with Crippen LogP contribution in [0.4, 0.5) is 11.4 Å². The Balaban J connectivity index is 1.59. The van der Waals surface area contributed by atoms with E-state index in [0.29, 0.717) is 22.1 Å². The second kappa shape index (κ2) is 9.02. The van der Waals surface area contributed by atoms with Crippen molar-refractivity contribution in [3.05, 3.63) is 62.1 Å². The van der Waals surface area contributed by atoms with E-state index in [1.165, 1.54) is 25.1 Å². The van der Waals surface area contributed by atoms with Crippen LogP contribution < -0.4 is 14.8 Å². The molecule has 156 valence electrons. The number of carbonyl (C=O) groups excluding carboxylic acids is 2. The van der Waals surface area contributed by atoms with Gasteiger partial charge in [0.25, 0.3) is 11.6 Å². The fourth-order valence-electron chi connectivity index (χ4n) is 2.47. The number of nitrogens with one attached hydrogen (secondary N) is 1. The van der Waals surface area contributed by atoms with Gasteiger partial charge in [0.2, 0.25) is 6.79 Å². The summed E-state index contributed by atoms with van der Waals surface area (Å²) in [5, 5.41) is 13.5. The minimum Gasteiger partial charge on any atom is -0.454 e. The van der Waals surface area contributed by atoms with Gasteiger partial charge in [-0.1, -0.05) is 23.2 Å². The first kappa shape index (κ1) is 21.4. The predicted octanol–water partition coefficient (Wildman–Crippen LogP) is 4.21. The molecule has 3 rings (SSSR count). The zero-order valence-electron chi connectivity index (χ0n) is 15.4. The van der Waals surface area contributed by atoms with Crippen molar-refractivity contribution in [3.8, 4) is 11.5 Å². The number of anilines is 1. The molecule has 9 nitrogen and oxygen atoms in total. The number of benzene rings is 2. The number of esters is 1. The number of non-ortho nitro benzene ring substituents is 1. The molecule has 1 N–H and O–H groups in total. The van der Waals surface area contributed by atoms with Crippen LogP contribution in [0.5, 0.6) is 11.5 Å². The Morgan fingerprint density at radius 2 is 2.00 bits per heavy atom. The number of halogens is 2. The largest absolute Gasteiger partial charge is 0.454 e. The number of carbonyl (C=O) groups is 2. The van der Waals surface area contributed by atoms with Crippen molar-refractivity contribution in [3.63, 3.8) is 0 Å². The quantitative estimate of drug-likeness (QED) is 0.301. The lowest BCUT2D eigenvalue weighted by molar-refractivity contribution is -0.384. The minimum atomic E-state index is -1.14. The van der Waals surface area contributed by atoms with E-state index < -0.39 is 22.9 Å². The number of nitro groups is 1. The Kier molecular flexibility index (Phi) is 6.43. The molecule has 2 aromatic carbocycles. The molecule has 0 spiro atoms. The molecule has 0 aliphatic carbocycles. The Morgan fingerprint density at radius 1 is 1.23 bits per heavy atom. The van der Waals surface area contributed by atoms with Crippen molar-refractivity contribution in [1.82, 2.24) is 0 Å². The SMILES string of the molecule is CC(OC(=O)/C=C/c1cc(Cl)c2c(c1)OCO2)C(=O)Nc1ccc([N+](=O)[O-])cc1Cl. The van der Waals surface area contributed by atoms with Gasteiger partial charge in [-0.05, 0) is 36.8 Å². The predicted molar refractivity (Wildman–Crippen MR) is 109 cm³/mol. The molecule has 0 aromatic heterocycles. The summed E-state index contributed by atoms with van der Waals surface area (Å²) in [6, 6.07) is 6.82. The molecule has 1 aliphatic heterocycles. The van der Waals surface area contributed by atoms with Crippen LogP contribution >= 0.6 is 23.2 Å². The van der Waals surface area contributed by atoms with E-state index in [1.54, 1.807) is 12.1 Å². The standard InChI is InChI=1S/C19H14Cl2N2O7/c1-10(19(25)22-15-4-3-12(23(26)27)8-13(15)20)30-17(24)5-2-11-6-14(21)18-16(7-11)28-9-29-18/h2-8,10H,9H2,1H3,(H,22,25)/b5-2+. The van der Waals surface area contributed by atoms with Crippen molar-refractivity contribution < 1.29 is 28.7 Å². The van der Waals surface area contributed by atoms with Crippen molar-refractivity contribution in [1.29, 1.82) is 0 Å². The van der Waals surface area contributed by atoms with Gasteiger partial charge < -0.3 is 19.5 Å². The van der Waals surface area contributed by atoms with Crippen molar-refractivity contribution in [2.24, 2.45) is 0 Å². The number of ether oxygens (including phenoxy) is 3. The van der Waals surface area contributed by atoms with Crippen LogP contribution in [0.15, 0.2) is 36.4 Å². The summed E-state index contributed by atoms with van der Waals surface area (Å²) in [5.74, 6) is -0.519. The first-order valence-corrected chi connectivity index (χ1v) is 9.23. The first-order chi connectivity index (χ1) is 14.2. The van der Waals surface area contributed by atoms with Crippen LogP contribution in [-0.4, -0.2) is 29.7 Å². The van der Waals surface area contributed by atoms with E-state index in [0.717, 1.165) is 12.1 Å². The summed E-state index contributed by atoms with van der Waals surface area (Å²) in [6.45, 7) is 1.44. The number of nitro benzene ring substituents is 1. The van der Waals surface area contributed by atoms with Crippen molar-refractivity contribution in [2.45, 2.75) is 13.0 Å². The van der Waals surface area contributed by atoms with Gasteiger partial charge in [-0.2, -0.15) is 0 Å². The molecule has 1 amide bonds. The average Bonchev–Trinajstić information content (AvgIpc) is 3.17. The maximum Gasteiger partial charge on any atom is 0.331 e. The summed E-state index contributed by atoms with van der Waals surface area (Å²) in [4.78, 5) is 34.3. The number of hydrogen-bond acceptors (Lipinski definition) is 7. The molecule has 0 fully saturated rings. The Bertz CT molecular complexity index is 1060. The topological polar surface area (TPSA) is 117 Å². The fourth-order valence-corrected chi connectivity index (χ4v) is 2.96. The van der Waals surface area contributed by atoms with E-state index >= 15 is 0 Å². The van der Waals surface area contributed by atoms with E-state index in [2.05, 4.69) is 5.32 Å². The second-order valence-electron chi connectivity index (χ2n) is 6.06. The normalized spacial score (nSPS) is 13.2. The van der Waals surface area contributed by atoms with Crippen LogP contribution in [0.2, 0.25) is 10.0 Å². The monoisotopic (exact) mass is 452 g/mol. The van der Waals surface area contributed by atoms with Gasteiger partial charge in [-0.3, -0.25) is 14.9 Å². The molecule has 2 aromatic rings. The fraction of sp³-hybridized carbons (Fsp3) is 0.158. The third-order valence-electron chi connectivity index (χ3n) is 3.94. The van der Waals surface area contributed by atoms with Gasteiger partial charge in [0, 0.05) is 18.2 Å². The lowest BCUT2D eigenvalue weighted by Crippen LogP contribution is -2.29. The number of amides is 1. The van der Waals surface area contributed by atoms with Crippen LogP contribution in [0.1, 0.15) is 12.5 Å². The van der Waals surface area contributed by atoms with Gasteiger partial charge in [0.05, 0.1) is 20.7 Å². The van der Waals surface area contributed by atoms with Gasteiger partial charge in [0.15, 0.2) is 17.6 Å². The van der Waals surface area contributed by atoms with Gasteiger partial charge in [-0.25, -0.2) is 4.79 Å². The number of nitrogens with zero attached hydrogens (tertiary/aromatic N) is 1. The lowest BCUT2D eigenvalue weighted by Gasteiger charge is -2.13. The van der Waals surface area contributed by atoms with Crippen LogP contribution in [0, 0.1) is 10.1 Å². The molecule has 11 heteroatoms. The zero-order chi connectivity index (χ0) is 21.8. The van der Waals surface area contributed by atoms with E-state index in [1.807, 2.05) is 0 Å². The molecule has 0 radical (unpaired) electrons. The zero-order valence-corrected chi connectivity index (χ0v) is 16.9. The van der Waals surface area contributed by atoms with E-state index in [-0.39, 0.29) is 23.2 Å². The van der Waals surface area contributed by atoms with Gasteiger partial charge >= 0.3 is 5.97 Å². The summed E-state index contributed by atoms with van der Waals surface area (Å²) in [7, 11) is 0. The average molecular weight is 453 g/mol. The molecule has 1 aliphatic rings. The summed E-state index contributed by atoms with van der Waals surface area (Å²) in [6.07, 6.45) is 1.44. The summed E-state index contributed by atoms with van der Waals surface area (Å²) in [5.41, 5.74) is 0.517. The highest BCUT2D eigenvalue weighted by Crippen LogP contribution is 2.40. The Labute approximate surface area is 180 Å². The number of rotatable bonds is 6. The van der Waals surface area contributed by atoms with Crippen molar-refractivity contribution in [2.75, 3.05) is 12.1 Å². The highest BCUT2D eigenvalue weighted by atomic mass is 35.5. The summed E-state index contributed by atoms with van der Waals surface area (Å²) >= 11 is 12.0. The maximum absolute atomic E-state index is 12.2. The molecule has 30 heavy (non-hydrogen) atoms. The van der Waals surface area contributed by atoms with E-state index in [9.17, 15) is 19.7 Å². The van der Waals surface area contributed by atoms with Crippen LogP contribution in [0.3, 0.4) is 0 Å². The molecule has 1 unspecified atom stereocenters. The van der Waals surface area contributed by atoms with Gasteiger partial charge in [-0.15, -0.1) is 0 Å². The molecule has 1 atom stereocenters. The maximum atomic E-state index is 12.2. The second-order valence-corrected chi connectivity index (χ2v) is 6.87. The Morgan fingerprint density at radius 3 is 2.70 bits per heavy atom. The first-order valence-electron chi connectivity index (χ1n) is 8.47. The smallest absolute Gasteiger partial charge is 0.331 e. The van der Waals surface area contributed by atoms with Gasteiger partial charge in [0.1, 0.15) is 0 Å². The third-order valence-corrected chi connectivity index (χ3v) is 4.54. The van der Waals surface area contributed by atoms with E-state index in [4.69, 9.17) is 37.4 Å². The highest BCUT2D eigenvalue weighted by molar-refractivity contribution is 6.34. The van der Waals surface area contributed by atoms with Crippen LogP contribution in [-0.2, 0) is 14.3 Å². The molecular formula is C19H14Cl2N2O7. The number of fused-ring (bicyclic) bond motifs is 1. The molecule has 1 heterocycles.